The summed E-state index contributed by atoms with van der Waals surface area (Å²) in [5.41, 5.74) is 5.39. The highest BCUT2D eigenvalue weighted by molar-refractivity contribution is 5.95. The van der Waals surface area contributed by atoms with E-state index in [-0.39, 0.29) is 42.7 Å². The van der Waals surface area contributed by atoms with Gasteiger partial charge in [-0.25, -0.2) is 19.9 Å². The number of amides is 1. The predicted molar refractivity (Wildman–Crippen MR) is 266 cm³/mol. The van der Waals surface area contributed by atoms with E-state index >= 15 is 0 Å². The molecule has 0 spiro atoms. The van der Waals surface area contributed by atoms with Crippen molar-refractivity contribution in [3.63, 3.8) is 0 Å². The van der Waals surface area contributed by atoms with Crippen molar-refractivity contribution in [1.82, 2.24) is 40.9 Å². The first-order chi connectivity index (χ1) is 34.1. The summed E-state index contributed by atoms with van der Waals surface area (Å²) in [6, 6.07) is 18.0. The first-order valence-electron chi connectivity index (χ1n) is 24.0. The third-order valence-corrected chi connectivity index (χ3v) is 12.3. The molecule has 0 aliphatic carbocycles. The second-order valence-corrected chi connectivity index (χ2v) is 17.9. The van der Waals surface area contributed by atoms with Gasteiger partial charge in [0.15, 0.2) is 11.6 Å². The molecule has 19 nitrogen and oxygen atoms in total. The number of hydrogen-bond acceptors (Lipinski definition) is 17. The topological polar surface area (TPSA) is 233 Å². The Labute approximate surface area is 408 Å². The number of nitrogens with one attached hydrogen (secondary N) is 5. The van der Waals surface area contributed by atoms with Gasteiger partial charge in [0.05, 0.1) is 37.1 Å². The lowest BCUT2D eigenvalue weighted by Gasteiger charge is -2.22. The highest BCUT2D eigenvalue weighted by atomic mass is 16.5. The number of likely N-dealkylation sites (N-methyl/N-ethyl adjacent to an activating group) is 2. The highest BCUT2D eigenvalue weighted by Gasteiger charge is 2.26. The molecule has 19 heteroatoms. The van der Waals surface area contributed by atoms with Crippen molar-refractivity contribution < 1.29 is 38.7 Å². The van der Waals surface area contributed by atoms with Gasteiger partial charge in [0.2, 0.25) is 0 Å². The van der Waals surface area contributed by atoms with Crippen LogP contribution in [0.25, 0.3) is 38.9 Å². The zero-order chi connectivity index (χ0) is 48.8. The van der Waals surface area contributed by atoms with Gasteiger partial charge in [-0.2, -0.15) is 0 Å². The molecule has 370 valence electrons. The normalized spacial score (nSPS) is 17.9. The molecule has 3 saturated heterocycles. The Morgan fingerprint density at radius 2 is 1.39 bits per heavy atom. The molecule has 3 aliphatic rings. The zero-order valence-corrected chi connectivity index (χ0v) is 40.3. The number of aliphatic hydroxyl groups excluding tert-OH is 2. The fraction of sp³-hybridized carbons (Fsp3) is 0.471. The van der Waals surface area contributed by atoms with Crippen molar-refractivity contribution in [2.75, 3.05) is 97.2 Å². The summed E-state index contributed by atoms with van der Waals surface area (Å²) in [7, 11) is 3.54. The van der Waals surface area contributed by atoms with E-state index in [1.165, 1.54) is 0 Å². The van der Waals surface area contributed by atoms with Crippen LogP contribution in [0.3, 0.4) is 0 Å². The monoisotopic (exact) mass is 958 g/mol. The fourth-order valence-corrected chi connectivity index (χ4v) is 8.35. The maximum Gasteiger partial charge on any atom is 0.345 e. The van der Waals surface area contributed by atoms with Crippen molar-refractivity contribution in [2.45, 2.75) is 63.8 Å². The molecule has 0 saturated carbocycles. The van der Waals surface area contributed by atoms with E-state index in [1.807, 2.05) is 50.2 Å². The largest absolute Gasteiger partial charge is 0.491 e. The van der Waals surface area contributed by atoms with E-state index in [0.29, 0.717) is 128 Å². The number of pyridine rings is 1. The number of aliphatic hydroxyl groups is 2. The second-order valence-electron chi connectivity index (χ2n) is 17.9. The van der Waals surface area contributed by atoms with Gasteiger partial charge in [-0.15, -0.1) is 0 Å². The van der Waals surface area contributed by atoms with E-state index in [4.69, 9.17) is 48.5 Å². The Morgan fingerprint density at radius 3 is 2.06 bits per heavy atom. The van der Waals surface area contributed by atoms with Gasteiger partial charge in [0, 0.05) is 92.3 Å². The zero-order valence-electron chi connectivity index (χ0n) is 40.3. The summed E-state index contributed by atoms with van der Waals surface area (Å²) in [5.74, 6) is 2.99. The van der Waals surface area contributed by atoms with Crippen LogP contribution >= 0.6 is 0 Å². The number of carbonyl (C=O) groups is 1. The predicted octanol–water partition coefficient (Wildman–Crippen LogP) is 4.77. The molecule has 0 radical (unpaired) electrons. The molecule has 4 unspecified atom stereocenters. The molecule has 7 N–H and O–H groups in total. The van der Waals surface area contributed by atoms with Gasteiger partial charge in [-0.05, 0) is 88.7 Å². The van der Waals surface area contributed by atoms with Gasteiger partial charge >= 0.3 is 11.8 Å². The minimum atomic E-state index is -0.778. The van der Waals surface area contributed by atoms with E-state index in [9.17, 15) is 15.0 Å². The number of carbonyl (C=O) groups excluding carboxylic acids is 1. The Morgan fingerprint density at radius 1 is 0.743 bits per heavy atom. The third kappa shape index (κ3) is 13.5. The molecular weight excluding hydrogens is 895 g/mol. The fourth-order valence-electron chi connectivity index (χ4n) is 8.35. The standard InChI is InChI=1S/C51H63N11O8/c1-31-45(59-49(61-47(31)57-38-10-14-67-27-38)35-6-5-7-43(18-35)69-29-41(63)25-52-3)37-16-34(21-54-24-37)23-55-40-17-36(19-44(20-40)70-30-42(64)26-53-4)50-60-46(51(65)56-22-33-8-12-66-13-9-33)32(2)48(62-50)58-39-11-15-68-28-39/h5-7,16-21,24,33,38-39,41-42,52-53,63-64H,8-15,22,25-30H2,1-4H3,(H2-,56,57,58,59,60,61,62,65)/p+1. The van der Waals surface area contributed by atoms with Crippen molar-refractivity contribution in [3.8, 4) is 51.6 Å². The molecular formula is C51H64N11O8+. The molecule has 6 heterocycles. The quantitative estimate of drug-likeness (QED) is 0.0557. The Kier molecular flexibility index (Phi) is 17.5. The van der Waals surface area contributed by atoms with Gasteiger partial charge in [-0.3, -0.25) is 9.78 Å². The first-order valence-corrected chi connectivity index (χ1v) is 24.0. The van der Waals surface area contributed by atoms with Crippen molar-refractivity contribution in [2.24, 2.45) is 5.92 Å². The lowest BCUT2D eigenvalue weighted by molar-refractivity contribution is 0.0642. The summed E-state index contributed by atoms with van der Waals surface area (Å²) in [5, 5.41) is 37.0. The van der Waals surface area contributed by atoms with Crippen LogP contribution in [0.15, 0.2) is 60.9 Å². The highest BCUT2D eigenvalue weighted by Crippen LogP contribution is 2.34. The molecule has 3 aliphatic heterocycles. The van der Waals surface area contributed by atoms with Crippen molar-refractivity contribution >= 4 is 23.2 Å². The average molecular weight is 959 g/mol. The van der Waals surface area contributed by atoms with Crippen LogP contribution in [-0.4, -0.2) is 152 Å². The van der Waals surface area contributed by atoms with Crippen LogP contribution in [0, 0.1) is 25.8 Å². The first kappa shape index (κ1) is 50.0. The number of anilines is 2. The molecule has 1 amide bonds. The Balaban J connectivity index is 1.13. The van der Waals surface area contributed by atoms with Crippen LogP contribution in [0.4, 0.5) is 17.3 Å². The number of nitrogens with zero attached hydrogens (tertiary/aromatic N) is 6. The van der Waals surface area contributed by atoms with E-state index < -0.39 is 12.2 Å². The molecule has 3 aromatic heterocycles. The summed E-state index contributed by atoms with van der Waals surface area (Å²) in [4.78, 5) is 43.2. The minimum Gasteiger partial charge on any atom is -0.491 e. The van der Waals surface area contributed by atoms with Crippen LogP contribution in [-0.2, 0) is 14.2 Å². The number of rotatable bonds is 20. The molecule has 8 rings (SSSR count). The minimum absolute atomic E-state index is 0.00817. The van der Waals surface area contributed by atoms with Crippen LogP contribution < -0.4 is 36.1 Å². The third-order valence-electron chi connectivity index (χ3n) is 12.3. The second kappa shape index (κ2) is 24.5. The van der Waals surface area contributed by atoms with Gasteiger partial charge in [0.25, 0.3) is 5.91 Å². The number of benzene rings is 2. The van der Waals surface area contributed by atoms with E-state index in [0.717, 1.165) is 36.8 Å². The summed E-state index contributed by atoms with van der Waals surface area (Å²) in [6.07, 6.45) is 5.36. The Bertz CT molecular complexity index is 2630. The summed E-state index contributed by atoms with van der Waals surface area (Å²) in [6.45, 7) is 8.95. The van der Waals surface area contributed by atoms with Gasteiger partial charge < -0.3 is 60.5 Å². The molecule has 3 fully saturated rings. The molecule has 0 bridgehead atoms. The molecule has 2 aromatic carbocycles. The number of hydrogen-bond donors (Lipinski definition) is 7. The Hall–Kier alpha value is -6.37. The maximum absolute atomic E-state index is 13.9. The smallest absolute Gasteiger partial charge is 0.345 e. The van der Waals surface area contributed by atoms with Crippen molar-refractivity contribution in [1.29, 1.82) is 0 Å². The number of ether oxygens (including phenoxy) is 5. The van der Waals surface area contributed by atoms with Crippen LogP contribution in [0.2, 0.25) is 0 Å². The van der Waals surface area contributed by atoms with E-state index in [2.05, 4.69) is 37.6 Å². The summed E-state index contributed by atoms with van der Waals surface area (Å²) < 4.78 is 28.9. The molecule has 5 aromatic rings. The molecule has 70 heavy (non-hydrogen) atoms. The van der Waals surface area contributed by atoms with Crippen LogP contribution in [0.5, 0.6) is 11.5 Å². The lowest BCUT2D eigenvalue weighted by atomic mass is 10.0. The van der Waals surface area contributed by atoms with E-state index in [1.54, 1.807) is 38.6 Å². The van der Waals surface area contributed by atoms with Crippen molar-refractivity contribution in [3.05, 3.63) is 88.2 Å². The maximum atomic E-state index is 13.9. The van der Waals surface area contributed by atoms with Crippen LogP contribution in [0.1, 0.15) is 52.9 Å². The average Bonchev–Trinajstić information content (AvgIpc) is 4.11. The van der Waals surface area contributed by atoms with Gasteiger partial charge in [0.1, 0.15) is 59.8 Å². The SMILES string of the molecule is CNCC(O)COc1cc([N+]#Cc2cncc(-c3nc(-c4cccc(OCC(O)CNC)c4)nc(NC4CCOC4)c3C)c2)cc(-c2nc(NC3CCOC3)c(C)c(C(=O)NCC3CCOCC3)n2)c1. The van der Waals surface area contributed by atoms with Gasteiger partial charge in [-0.1, -0.05) is 12.1 Å². The number of aromatic nitrogens is 5. The lowest BCUT2D eigenvalue weighted by Crippen LogP contribution is -2.33. The summed E-state index contributed by atoms with van der Waals surface area (Å²) >= 11 is 0. The molecule has 4 atom stereocenters.